The third-order valence-electron chi connectivity index (χ3n) is 2.37. The van der Waals surface area contributed by atoms with Crippen molar-refractivity contribution in [3.05, 3.63) is 24.3 Å². The number of ether oxygens (including phenoxy) is 1. The van der Waals surface area contributed by atoms with E-state index in [0.717, 1.165) is 0 Å². The van der Waals surface area contributed by atoms with Crippen LogP contribution in [-0.2, 0) is 10.0 Å². The van der Waals surface area contributed by atoms with Gasteiger partial charge in [0.1, 0.15) is 5.75 Å². The molecule has 1 aromatic rings. The summed E-state index contributed by atoms with van der Waals surface area (Å²) >= 11 is 0. The highest BCUT2D eigenvalue weighted by Crippen LogP contribution is 2.17. The molecule has 0 aliphatic heterocycles. The molecule has 0 aliphatic carbocycles. The standard InChI is InChI=1S/C12H20N2O3S.ClH/c1-4-17-10-5-7-11(8-6-10)18(15,16)14-12(2,3)9-13;/h5-8,14H,4,9,13H2,1-3H3;1H. The average Bonchev–Trinajstić information content (AvgIpc) is 2.29. The molecule has 19 heavy (non-hydrogen) atoms. The molecule has 0 amide bonds. The first kappa shape index (κ1) is 18.2. The Morgan fingerprint density at radius 3 is 2.21 bits per heavy atom. The van der Waals surface area contributed by atoms with Crippen LogP contribution >= 0.6 is 12.4 Å². The Morgan fingerprint density at radius 2 is 1.79 bits per heavy atom. The van der Waals surface area contributed by atoms with E-state index >= 15 is 0 Å². The molecule has 0 aromatic heterocycles. The summed E-state index contributed by atoms with van der Waals surface area (Å²) in [7, 11) is -3.55. The molecule has 3 N–H and O–H groups in total. The van der Waals surface area contributed by atoms with Gasteiger partial charge >= 0.3 is 0 Å². The van der Waals surface area contributed by atoms with Gasteiger partial charge in [0.2, 0.25) is 10.0 Å². The first-order valence-corrected chi connectivity index (χ1v) is 7.26. The summed E-state index contributed by atoms with van der Waals surface area (Å²) < 4.78 is 32.0. The van der Waals surface area contributed by atoms with E-state index in [0.29, 0.717) is 12.4 Å². The first-order chi connectivity index (χ1) is 8.30. The van der Waals surface area contributed by atoms with Crippen molar-refractivity contribution in [3.63, 3.8) is 0 Å². The molecule has 0 fully saturated rings. The van der Waals surface area contributed by atoms with Crippen molar-refractivity contribution in [2.75, 3.05) is 13.2 Å². The number of benzene rings is 1. The topological polar surface area (TPSA) is 81.4 Å². The van der Waals surface area contributed by atoms with Crippen molar-refractivity contribution in [2.24, 2.45) is 5.73 Å². The molecule has 0 aliphatic rings. The molecule has 7 heteroatoms. The predicted octanol–water partition coefficient (Wildman–Crippen LogP) is 1.52. The van der Waals surface area contributed by atoms with Gasteiger partial charge < -0.3 is 10.5 Å². The van der Waals surface area contributed by atoms with E-state index in [4.69, 9.17) is 10.5 Å². The highest BCUT2D eigenvalue weighted by Gasteiger charge is 2.24. The number of halogens is 1. The fraction of sp³-hybridized carbons (Fsp3) is 0.500. The lowest BCUT2D eigenvalue weighted by molar-refractivity contribution is 0.340. The Morgan fingerprint density at radius 1 is 1.26 bits per heavy atom. The van der Waals surface area contributed by atoms with Crippen molar-refractivity contribution in [1.82, 2.24) is 4.72 Å². The number of nitrogens with two attached hydrogens (primary N) is 1. The van der Waals surface area contributed by atoms with Crippen LogP contribution in [0.4, 0.5) is 0 Å². The van der Waals surface area contributed by atoms with Crippen LogP contribution in [0.3, 0.4) is 0 Å². The summed E-state index contributed by atoms with van der Waals surface area (Å²) in [5, 5.41) is 0. The molecule has 0 atom stereocenters. The fourth-order valence-electron chi connectivity index (χ4n) is 1.35. The molecular formula is C12H21ClN2O3S. The highest BCUT2D eigenvalue weighted by atomic mass is 35.5. The lowest BCUT2D eigenvalue weighted by atomic mass is 10.1. The summed E-state index contributed by atoms with van der Waals surface area (Å²) in [4.78, 5) is 0.201. The lowest BCUT2D eigenvalue weighted by Gasteiger charge is -2.23. The lowest BCUT2D eigenvalue weighted by Crippen LogP contribution is -2.48. The molecule has 0 saturated carbocycles. The van der Waals surface area contributed by atoms with E-state index in [9.17, 15) is 8.42 Å². The molecule has 5 nitrogen and oxygen atoms in total. The summed E-state index contributed by atoms with van der Waals surface area (Å²) in [6, 6.07) is 6.29. The van der Waals surface area contributed by atoms with Gasteiger partial charge in [0.05, 0.1) is 11.5 Å². The summed E-state index contributed by atoms with van der Waals surface area (Å²) in [5.74, 6) is 0.648. The van der Waals surface area contributed by atoms with Crippen molar-refractivity contribution in [3.8, 4) is 5.75 Å². The average molecular weight is 309 g/mol. The van der Waals surface area contributed by atoms with Crippen LogP contribution < -0.4 is 15.2 Å². The Labute approximate surface area is 121 Å². The van der Waals surface area contributed by atoms with Crippen LogP contribution in [-0.4, -0.2) is 27.1 Å². The van der Waals surface area contributed by atoms with Crippen LogP contribution in [0, 0.1) is 0 Å². The molecule has 110 valence electrons. The van der Waals surface area contributed by atoms with Crippen LogP contribution in [0.1, 0.15) is 20.8 Å². The van der Waals surface area contributed by atoms with Crippen LogP contribution in [0.15, 0.2) is 29.2 Å². The molecule has 0 radical (unpaired) electrons. The Bertz CT molecular complexity index is 486. The molecular weight excluding hydrogens is 288 g/mol. The van der Waals surface area contributed by atoms with E-state index in [1.807, 2.05) is 6.92 Å². The predicted molar refractivity (Wildman–Crippen MR) is 78.3 cm³/mol. The van der Waals surface area contributed by atoms with Crippen LogP contribution in [0.2, 0.25) is 0 Å². The zero-order valence-corrected chi connectivity index (χ0v) is 13.0. The van der Waals surface area contributed by atoms with Crippen molar-refractivity contribution in [2.45, 2.75) is 31.2 Å². The quantitative estimate of drug-likeness (QED) is 0.835. The highest BCUT2D eigenvalue weighted by molar-refractivity contribution is 7.89. The van der Waals surface area contributed by atoms with Gasteiger partial charge in [-0.3, -0.25) is 0 Å². The minimum Gasteiger partial charge on any atom is -0.494 e. The maximum absolute atomic E-state index is 12.1. The second kappa shape index (κ2) is 7.09. The van der Waals surface area contributed by atoms with Gasteiger partial charge in [0, 0.05) is 12.1 Å². The monoisotopic (exact) mass is 308 g/mol. The second-order valence-electron chi connectivity index (χ2n) is 4.60. The Kier molecular flexibility index (Phi) is 6.79. The molecule has 0 bridgehead atoms. The van der Waals surface area contributed by atoms with Crippen molar-refractivity contribution in [1.29, 1.82) is 0 Å². The molecule has 0 saturated heterocycles. The number of nitrogens with one attached hydrogen (secondary N) is 1. The van der Waals surface area contributed by atoms with E-state index < -0.39 is 15.6 Å². The summed E-state index contributed by atoms with van der Waals surface area (Å²) in [6.45, 7) is 6.11. The maximum Gasteiger partial charge on any atom is 0.241 e. The van der Waals surface area contributed by atoms with Gasteiger partial charge in [-0.1, -0.05) is 0 Å². The minimum absolute atomic E-state index is 0. The molecule has 0 spiro atoms. The number of sulfonamides is 1. The van der Waals surface area contributed by atoms with Gasteiger partial charge in [-0.15, -0.1) is 12.4 Å². The van der Waals surface area contributed by atoms with E-state index in [2.05, 4.69) is 4.72 Å². The van der Waals surface area contributed by atoms with E-state index in [1.54, 1.807) is 26.0 Å². The first-order valence-electron chi connectivity index (χ1n) is 5.77. The van der Waals surface area contributed by atoms with Crippen LogP contribution in [0.25, 0.3) is 0 Å². The molecule has 1 rings (SSSR count). The zero-order valence-electron chi connectivity index (χ0n) is 11.3. The largest absolute Gasteiger partial charge is 0.494 e. The fourth-order valence-corrected chi connectivity index (χ4v) is 2.77. The second-order valence-corrected chi connectivity index (χ2v) is 6.28. The molecule has 0 unspecified atom stereocenters. The normalized spacial score (nSPS) is 11.8. The number of hydrogen-bond acceptors (Lipinski definition) is 4. The summed E-state index contributed by atoms with van der Waals surface area (Å²) in [6.07, 6.45) is 0. The zero-order chi connectivity index (χ0) is 13.8. The van der Waals surface area contributed by atoms with Gasteiger partial charge in [-0.05, 0) is 45.0 Å². The smallest absolute Gasteiger partial charge is 0.241 e. The van der Waals surface area contributed by atoms with Gasteiger partial charge in [0.15, 0.2) is 0 Å². The Hall–Kier alpha value is -0.820. The summed E-state index contributed by atoms with van der Waals surface area (Å²) in [5.41, 5.74) is 4.84. The molecule has 0 heterocycles. The third-order valence-corrected chi connectivity index (χ3v) is 4.08. The maximum atomic E-state index is 12.1. The Balaban J connectivity index is 0.00000324. The minimum atomic E-state index is -3.55. The van der Waals surface area contributed by atoms with E-state index in [1.165, 1.54) is 12.1 Å². The van der Waals surface area contributed by atoms with Gasteiger partial charge in [0.25, 0.3) is 0 Å². The van der Waals surface area contributed by atoms with E-state index in [-0.39, 0.29) is 23.8 Å². The van der Waals surface area contributed by atoms with Crippen molar-refractivity contribution < 1.29 is 13.2 Å². The van der Waals surface area contributed by atoms with Crippen LogP contribution in [0.5, 0.6) is 5.75 Å². The van der Waals surface area contributed by atoms with Gasteiger partial charge in [-0.2, -0.15) is 0 Å². The number of rotatable bonds is 6. The van der Waals surface area contributed by atoms with Crippen molar-refractivity contribution >= 4 is 22.4 Å². The molecule has 1 aromatic carbocycles. The SMILES string of the molecule is CCOc1ccc(S(=O)(=O)NC(C)(C)CN)cc1.Cl. The van der Waals surface area contributed by atoms with Gasteiger partial charge in [-0.25, -0.2) is 13.1 Å². The third kappa shape index (κ3) is 5.36. The number of hydrogen-bond donors (Lipinski definition) is 2.